The Morgan fingerprint density at radius 2 is 1.96 bits per heavy atom. The van der Waals surface area contributed by atoms with Crippen molar-refractivity contribution in [1.82, 2.24) is 10.3 Å². The van der Waals surface area contributed by atoms with Gasteiger partial charge in [0.1, 0.15) is 5.82 Å². The Morgan fingerprint density at radius 3 is 2.72 bits per heavy atom. The number of fused-ring (bicyclic) bond motifs is 1. The summed E-state index contributed by atoms with van der Waals surface area (Å²) in [6.07, 6.45) is 0.210. The molecule has 1 aromatic heterocycles. The number of rotatable bonds is 6. The fourth-order valence-electron chi connectivity index (χ4n) is 3.03. The highest BCUT2D eigenvalue weighted by molar-refractivity contribution is 5.90. The number of hydrogen-bond donors (Lipinski definition) is 2. The molecule has 130 valence electrons. The summed E-state index contributed by atoms with van der Waals surface area (Å²) >= 11 is 0. The minimum atomic E-state index is -0.304. The molecule has 25 heavy (non-hydrogen) atoms. The first-order valence-electron chi connectivity index (χ1n) is 8.17. The molecule has 2 aromatic carbocycles. The van der Waals surface area contributed by atoms with Crippen molar-refractivity contribution in [2.75, 3.05) is 7.11 Å². The predicted molar refractivity (Wildman–Crippen MR) is 95.7 cm³/mol. The second-order valence-corrected chi connectivity index (χ2v) is 6.07. The number of hydrogen-bond acceptors (Lipinski definition) is 2. The largest absolute Gasteiger partial charge is 0.380 e. The molecule has 1 heterocycles. The minimum Gasteiger partial charge on any atom is -0.380 e. The van der Waals surface area contributed by atoms with Gasteiger partial charge in [0.15, 0.2) is 0 Å². The zero-order valence-corrected chi connectivity index (χ0v) is 14.4. The van der Waals surface area contributed by atoms with E-state index in [1.165, 1.54) is 12.1 Å². The molecule has 0 fully saturated rings. The maximum absolute atomic E-state index is 13.5. The van der Waals surface area contributed by atoms with E-state index in [1.807, 2.05) is 31.2 Å². The number of aromatic amines is 1. The van der Waals surface area contributed by atoms with Gasteiger partial charge in [-0.3, -0.25) is 4.79 Å². The van der Waals surface area contributed by atoms with Crippen molar-refractivity contribution in [3.8, 4) is 0 Å². The van der Waals surface area contributed by atoms with Gasteiger partial charge in [0, 0.05) is 30.3 Å². The molecular weight excluding hydrogens is 319 g/mol. The van der Waals surface area contributed by atoms with Gasteiger partial charge in [-0.1, -0.05) is 24.3 Å². The standard InChI is InChI=1S/C20H21FN2O2/c1-13-17(18-9-16(21)7-8-19(18)23-13)10-20(24)22-11-14-5-3-4-6-15(14)12-25-2/h3-9,23H,10-12H2,1-2H3,(H,22,24). The molecule has 5 heteroatoms. The van der Waals surface area contributed by atoms with E-state index in [-0.39, 0.29) is 18.1 Å². The number of aromatic nitrogens is 1. The highest BCUT2D eigenvalue weighted by Gasteiger charge is 2.13. The number of H-pyrrole nitrogens is 1. The third-order valence-corrected chi connectivity index (χ3v) is 4.31. The van der Waals surface area contributed by atoms with Crippen molar-refractivity contribution in [2.45, 2.75) is 26.5 Å². The molecule has 0 atom stereocenters. The predicted octanol–water partition coefficient (Wildman–Crippen LogP) is 3.62. The molecule has 0 aliphatic heterocycles. The smallest absolute Gasteiger partial charge is 0.224 e. The first-order chi connectivity index (χ1) is 12.1. The quantitative estimate of drug-likeness (QED) is 0.720. The summed E-state index contributed by atoms with van der Waals surface area (Å²) < 4.78 is 18.7. The molecule has 0 saturated heterocycles. The molecule has 0 radical (unpaired) electrons. The SMILES string of the molecule is COCc1ccccc1CNC(=O)Cc1c(C)[nH]c2ccc(F)cc12. The number of amides is 1. The normalized spacial score (nSPS) is 11.0. The van der Waals surface area contributed by atoms with Crippen LogP contribution in [-0.4, -0.2) is 18.0 Å². The van der Waals surface area contributed by atoms with Crippen molar-refractivity contribution in [3.05, 3.63) is 70.7 Å². The van der Waals surface area contributed by atoms with Crippen LogP contribution >= 0.6 is 0 Å². The van der Waals surface area contributed by atoms with Crippen LogP contribution in [-0.2, 0) is 29.1 Å². The molecule has 3 rings (SSSR count). The first-order valence-corrected chi connectivity index (χ1v) is 8.17. The summed E-state index contributed by atoms with van der Waals surface area (Å²) in [5, 5.41) is 3.70. The summed E-state index contributed by atoms with van der Waals surface area (Å²) in [5.41, 5.74) is 4.63. The van der Waals surface area contributed by atoms with E-state index in [2.05, 4.69) is 10.3 Å². The molecule has 0 aliphatic rings. The van der Waals surface area contributed by atoms with Crippen LogP contribution in [0.4, 0.5) is 4.39 Å². The zero-order chi connectivity index (χ0) is 17.8. The highest BCUT2D eigenvalue weighted by Crippen LogP contribution is 2.23. The van der Waals surface area contributed by atoms with Gasteiger partial charge in [-0.25, -0.2) is 4.39 Å². The maximum Gasteiger partial charge on any atom is 0.224 e. The Hall–Kier alpha value is -2.66. The average molecular weight is 340 g/mol. The molecular formula is C20H21FN2O2. The number of carbonyl (C=O) groups is 1. The minimum absolute atomic E-state index is 0.0968. The molecule has 0 spiro atoms. The monoisotopic (exact) mass is 340 g/mol. The zero-order valence-electron chi connectivity index (χ0n) is 14.4. The Bertz CT molecular complexity index is 902. The second-order valence-electron chi connectivity index (χ2n) is 6.07. The van der Waals surface area contributed by atoms with Gasteiger partial charge >= 0.3 is 0 Å². The van der Waals surface area contributed by atoms with Crippen LogP contribution in [0, 0.1) is 12.7 Å². The van der Waals surface area contributed by atoms with Crippen LogP contribution in [0.2, 0.25) is 0 Å². The van der Waals surface area contributed by atoms with Gasteiger partial charge in [-0.05, 0) is 41.8 Å². The van der Waals surface area contributed by atoms with Gasteiger partial charge in [0.25, 0.3) is 0 Å². The highest BCUT2D eigenvalue weighted by atomic mass is 19.1. The second kappa shape index (κ2) is 7.49. The van der Waals surface area contributed by atoms with E-state index >= 15 is 0 Å². The summed E-state index contributed by atoms with van der Waals surface area (Å²) in [4.78, 5) is 15.6. The number of ether oxygens (including phenoxy) is 1. The lowest BCUT2D eigenvalue weighted by Gasteiger charge is -2.10. The third kappa shape index (κ3) is 3.88. The van der Waals surface area contributed by atoms with Crippen LogP contribution in [0.5, 0.6) is 0 Å². The number of methoxy groups -OCH3 is 1. The number of benzene rings is 2. The van der Waals surface area contributed by atoms with E-state index in [1.54, 1.807) is 13.2 Å². The molecule has 2 N–H and O–H groups in total. The molecule has 1 amide bonds. The van der Waals surface area contributed by atoms with E-state index in [4.69, 9.17) is 4.74 Å². The number of nitrogens with one attached hydrogen (secondary N) is 2. The van der Waals surface area contributed by atoms with Crippen LogP contribution in [0.3, 0.4) is 0 Å². The van der Waals surface area contributed by atoms with E-state index in [0.717, 1.165) is 33.3 Å². The van der Waals surface area contributed by atoms with Crippen molar-refractivity contribution in [3.63, 3.8) is 0 Å². The first kappa shape index (κ1) is 17.2. The fraction of sp³-hybridized carbons (Fsp3) is 0.250. The molecule has 4 nitrogen and oxygen atoms in total. The lowest BCUT2D eigenvalue weighted by molar-refractivity contribution is -0.120. The maximum atomic E-state index is 13.5. The van der Waals surface area contributed by atoms with Crippen molar-refractivity contribution >= 4 is 16.8 Å². The Balaban J connectivity index is 1.71. The Labute approximate surface area is 146 Å². The van der Waals surface area contributed by atoms with Gasteiger partial charge in [0.05, 0.1) is 13.0 Å². The molecule has 0 saturated carbocycles. The Morgan fingerprint density at radius 1 is 1.20 bits per heavy atom. The van der Waals surface area contributed by atoms with Crippen molar-refractivity contribution in [1.29, 1.82) is 0 Å². The fourth-order valence-corrected chi connectivity index (χ4v) is 3.03. The lowest BCUT2D eigenvalue weighted by Crippen LogP contribution is -2.25. The number of halogens is 1. The molecule has 0 aliphatic carbocycles. The summed E-state index contributed by atoms with van der Waals surface area (Å²) in [6.45, 7) is 2.84. The topological polar surface area (TPSA) is 54.1 Å². The van der Waals surface area contributed by atoms with Crippen LogP contribution in [0.15, 0.2) is 42.5 Å². The van der Waals surface area contributed by atoms with Gasteiger partial charge in [-0.15, -0.1) is 0 Å². The third-order valence-electron chi connectivity index (χ3n) is 4.31. The molecule has 0 unspecified atom stereocenters. The van der Waals surface area contributed by atoms with Crippen molar-refractivity contribution in [2.24, 2.45) is 0 Å². The Kier molecular flexibility index (Phi) is 5.14. The summed E-state index contributed by atoms with van der Waals surface area (Å²) in [7, 11) is 1.65. The van der Waals surface area contributed by atoms with Gasteiger partial charge in [0.2, 0.25) is 5.91 Å². The average Bonchev–Trinajstić information content (AvgIpc) is 2.90. The van der Waals surface area contributed by atoms with Crippen LogP contribution < -0.4 is 5.32 Å². The van der Waals surface area contributed by atoms with E-state index in [0.29, 0.717) is 13.2 Å². The van der Waals surface area contributed by atoms with Gasteiger partial charge < -0.3 is 15.0 Å². The molecule has 3 aromatic rings. The number of carbonyl (C=O) groups excluding carboxylic acids is 1. The van der Waals surface area contributed by atoms with Gasteiger partial charge in [-0.2, -0.15) is 0 Å². The lowest BCUT2D eigenvalue weighted by atomic mass is 10.1. The van der Waals surface area contributed by atoms with Crippen LogP contribution in [0.1, 0.15) is 22.4 Å². The summed E-state index contributed by atoms with van der Waals surface area (Å²) in [5.74, 6) is -0.401. The van der Waals surface area contributed by atoms with E-state index < -0.39 is 0 Å². The van der Waals surface area contributed by atoms with E-state index in [9.17, 15) is 9.18 Å². The van der Waals surface area contributed by atoms with Crippen molar-refractivity contribution < 1.29 is 13.9 Å². The number of aryl methyl sites for hydroxylation is 1. The summed E-state index contributed by atoms with van der Waals surface area (Å²) in [6, 6.07) is 12.4. The molecule has 0 bridgehead atoms. The van der Waals surface area contributed by atoms with Crippen LogP contribution in [0.25, 0.3) is 10.9 Å².